The number of carbonyl (C=O) groups is 2. The van der Waals surface area contributed by atoms with Gasteiger partial charge < -0.3 is 15.4 Å². The van der Waals surface area contributed by atoms with Gasteiger partial charge in [0.25, 0.3) is 5.91 Å². The minimum Gasteiger partial charge on any atom is -0.368 e. The van der Waals surface area contributed by atoms with E-state index in [2.05, 4.69) is 0 Å². The zero-order chi connectivity index (χ0) is 9.84. The average Bonchev–Trinajstić information content (AvgIpc) is 2.08. The number of morpholine rings is 1. The van der Waals surface area contributed by atoms with E-state index in [1.165, 1.54) is 4.90 Å². The summed E-state index contributed by atoms with van der Waals surface area (Å²) in [6.45, 7) is 2.81. The molecule has 1 rings (SSSR count). The number of nitrogens with zero attached hydrogens (tertiary/aromatic N) is 1. The number of nitrogens with two attached hydrogens (primary N) is 1. The molecule has 0 spiro atoms. The van der Waals surface area contributed by atoms with Gasteiger partial charge in [0.15, 0.2) is 0 Å². The van der Waals surface area contributed by atoms with Crippen LogP contribution in [0.15, 0.2) is 0 Å². The molecule has 0 aromatic carbocycles. The lowest BCUT2D eigenvalue weighted by atomic mass is 10.2. The van der Waals surface area contributed by atoms with E-state index in [-0.39, 0.29) is 12.5 Å². The number of rotatable bonds is 3. The fourth-order valence-electron chi connectivity index (χ4n) is 1.33. The first-order valence-electron chi connectivity index (χ1n) is 4.33. The molecule has 0 unspecified atom stereocenters. The van der Waals surface area contributed by atoms with Crippen molar-refractivity contribution in [2.75, 3.05) is 19.7 Å². The third-order valence-corrected chi connectivity index (χ3v) is 1.98. The Hall–Kier alpha value is -1.10. The van der Waals surface area contributed by atoms with E-state index in [4.69, 9.17) is 10.5 Å². The Kier molecular flexibility index (Phi) is 3.25. The topological polar surface area (TPSA) is 72.6 Å². The van der Waals surface area contributed by atoms with Crippen LogP contribution in [0.3, 0.4) is 0 Å². The van der Waals surface area contributed by atoms with Crippen LogP contribution in [0.2, 0.25) is 0 Å². The fraction of sp³-hybridized carbons (Fsp3) is 0.750. The molecule has 0 radical (unpaired) electrons. The summed E-state index contributed by atoms with van der Waals surface area (Å²) in [7, 11) is 0. The Bertz CT molecular complexity index is 217. The molecule has 5 heteroatoms. The number of amides is 2. The zero-order valence-electron chi connectivity index (χ0n) is 7.66. The number of ether oxygens (including phenoxy) is 1. The van der Waals surface area contributed by atoms with Gasteiger partial charge in [0.05, 0.1) is 13.2 Å². The molecule has 5 nitrogen and oxygen atoms in total. The van der Waals surface area contributed by atoms with E-state index in [0.29, 0.717) is 19.6 Å². The maximum Gasteiger partial charge on any atom is 0.252 e. The van der Waals surface area contributed by atoms with Gasteiger partial charge in [-0.1, -0.05) is 6.92 Å². The Morgan fingerprint density at radius 2 is 2.46 bits per heavy atom. The summed E-state index contributed by atoms with van der Waals surface area (Å²) in [5, 5.41) is 0. The SMILES string of the molecule is CC[C@@H]1OCCN(CC(N)=O)C1=O. The van der Waals surface area contributed by atoms with Crippen LogP contribution >= 0.6 is 0 Å². The van der Waals surface area contributed by atoms with Crippen molar-refractivity contribution >= 4 is 11.8 Å². The number of hydrogen-bond acceptors (Lipinski definition) is 3. The van der Waals surface area contributed by atoms with Crippen LogP contribution in [0.25, 0.3) is 0 Å². The van der Waals surface area contributed by atoms with Crippen molar-refractivity contribution in [2.45, 2.75) is 19.4 Å². The van der Waals surface area contributed by atoms with Crippen LogP contribution in [0.1, 0.15) is 13.3 Å². The second-order valence-corrected chi connectivity index (χ2v) is 2.99. The molecule has 0 aromatic rings. The quantitative estimate of drug-likeness (QED) is 0.621. The average molecular weight is 186 g/mol. The molecule has 0 aromatic heterocycles. The summed E-state index contributed by atoms with van der Waals surface area (Å²) in [6, 6.07) is 0. The minimum absolute atomic E-state index is 0.00130. The van der Waals surface area contributed by atoms with Crippen molar-refractivity contribution in [3.8, 4) is 0 Å². The molecule has 2 amide bonds. The van der Waals surface area contributed by atoms with E-state index < -0.39 is 12.0 Å². The van der Waals surface area contributed by atoms with Crippen molar-refractivity contribution < 1.29 is 14.3 Å². The first kappa shape index (κ1) is 9.98. The maximum atomic E-state index is 11.5. The Balaban J connectivity index is 2.54. The Morgan fingerprint density at radius 1 is 1.77 bits per heavy atom. The summed E-state index contributed by atoms with van der Waals surface area (Å²) in [5.41, 5.74) is 5.00. The number of hydrogen-bond donors (Lipinski definition) is 1. The van der Waals surface area contributed by atoms with E-state index in [1.807, 2.05) is 6.92 Å². The molecule has 1 atom stereocenters. The third-order valence-electron chi connectivity index (χ3n) is 1.98. The minimum atomic E-state index is -0.481. The predicted molar refractivity (Wildman–Crippen MR) is 45.8 cm³/mol. The van der Waals surface area contributed by atoms with Crippen LogP contribution in [0.5, 0.6) is 0 Å². The molecule has 1 aliphatic heterocycles. The highest BCUT2D eigenvalue weighted by atomic mass is 16.5. The van der Waals surface area contributed by atoms with Gasteiger partial charge in [-0.25, -0.2) is 0 Å². The smallest absolute Gasteiger partial charge is 0.252 e. The van der Waals surface area contributed by atoms with Crippen molar-refractivity contribution in [1.82, 2.24) is 4.90 Å². The molecule has 0 bridgehead atoms. The van der Waals surface area contributed by atoms with E-state index in [9.17, 15) is 9.59 Å². The molecule has 0 aliphatic carbocycles. The maximum absolute atomic E-state index is 11.5. The van der Waals surface area contributed by atoms with Gasteiger partial charge in [-0.05, 0) is 6.42 Å². The molecule has 1 aliphatic rings. The summed E-state index contributed by atoms with van der Waals surface area (Å²) < 4.78 is 5.21. The Morgan fingerprint density at radius 3 is 3.00 bits per heavy atom. The summed E-state index contributed by atoms with van der Waals surface area (Å²) in [6.07, 6.45) is 0.238. The second kappa shape index (κ2) is 4.23. The van der Waals surface area contributed by atoms with Crippen LogP contribution in [0, 0.1) is 0 Å². The highest BCUT2D eigenvalue weighted by Crippen LogP contribution is 2.09. The first-order valence-corrected chi connectivity index (χ1v) is 4.33. The standard InChI is InChI=1S/C8H14N2O3/c1-2-6-8(12)10(3-4-13-6)5-7(9)11/h6H,2-5H2,1H3,(H2,9,11)/t6-/m0/s1. The van der Waals surface area contributed by atoms with Gasteiger partial charge in [0, 0.05) is 6.54 Å². The molecule has 1 fully saturated rings. The molecule has 74 valence electrons. The van der Waals surface area contributed by atoms with Gasteiger partial charge in [-0.3, -0.25) is 9.59 Å². The fourth-order valence-corrected chi connectivity index (χ4v) is 1.33. The number of primary amides is 1. The van der Waals surface area contributed by atoms with Crippen LogP contribution < -0.4 is 5.73 Å². The van der Waals surface area contributed by atoms with Gasteiger partial charge in [0.1, 0.15) is 6.10 Å². The van der Waals surface area contributed by atoms with Crippen molar-refractivity contribution in [3.63, 3.8) is 0 Å². The molecular formula is C8H14N2O3. The zero-order valence-corrected chi connectivity index (χ0v) is 7.66. The number of carbonyl (C=O) groups excluding carboxylic acids is 2. The molecule has 0 saturated carbocycles. The molecule has 13 heavy (non-hydrogen) atoms. The highest BCUT2D eigenvalue weighted by Gasteiger charge is 2.28. The lowest BCUT2D eigenvalue weighted by molar-refractivity contribution is -0.154. The second-order valence-electron chi connectivity index (χ2n) is 2.99. The molecule has 1 heterocycles. The molecule has 1 saturated heterocycles. The van der Waals surface area contributed by atoms with E-state index in [0.717, 1.165) is 0 Å². The van der Waals surface area contributed by atoms with Crippen molar-refractivity contribution in [1.29, 1.82) is 0 Å². The Labute approximate surface area is 76.8 Å². The van der Waals surface area contributed by atoms with Gasteiger partial charge in [-0.2, -0.15) is 0 Å². The largest absolute Gasteiger partial charge is 0.368 e. The van der Waals surface area contributed by atoms with Crippen molar-refractivity contribution in [3.05, 3.63) is 0 Å². The lowest BCUT2D eigenvalue weighted by Crippen LogP contribution is -2.50. The summed E-state index contributed by atoms with van der Waals surface area (Å²) in [4.78, 5) is 23.5. The molecule has 2 N–H and O–H groups in total. The van der Waals surface area contributed by atoms with E-state index >= 15 is 0 Å². The van der Waals surface area contributed by atoms with Gasteiger partial charge >= 0.3 is 0 Å². The van der Waals surface area contributed by atoms with Crippen molar-refractivity contribution in [2.24, 2.45) is 5.73 Å². The van der Waals surface area contributed by atoms with Gasteiger partial charge in [-0.15, -0.1) is 0 Å². The van der Waals surface area contributed by atoms with Crippen LogP contribution in [-0.2, 0) is 14.3 Å². The van der Waals surface area contributed by atoms with Crippen LogP contribution in [0.4, 0.5) is 0 Å². The first-order chi connectivity index (χ1) is 6.15. The monoisotopic (exact) mass is 186 g/mol. The molecular weight excluding hydrogens is 172 g/mol. The summed E-state index contributed by atoms with van der Waals surface area (Å²) >= 11 is 0. The highest BCUT2D eigenvalue weighted by molar-refractivity contribution is 5.86. The predicted octanol–water partition coefficient (Wildman–Crippen LogP) is -0.891. The normalized spacial score (nSPS) is 23.3. The van der Waals surface area contributed by atoms with Gasteiger partial charge in [0.2, 0.25) is 5.91 Å². The van der Waals surface area contributed by atoms with E-state index in [1.54, 1.807) is 0 Å². The van der Waals surface area contributed by atoms with Crippen LogP contribution in [-0.4, -0.2) is 42.5 Å². The lowest BCUT2D eigenvalue weighted by Gasteiger charge is -2.30. The summed E-state index contributed by atoms with van der Waals surface area (Å²) in [5.74, 6) is -0.613. The third kappa shape index (κ3) is 2.42.